The van der Waals surface area contributed by atoms with Crippen LogP contribution in [0.5, 0.6) is 0 Å². The minimum atomic E-state index is -3.05. The van der Waals surface area contributed by atoms with Gasteiger partial charge in [0.25, 0.3) is 0 Å². The van der Waals surface area contributed by atoms with E-state index in [1.807, 2.05) is 0 Å². The molecule has 0 unspecified atom stereocenters. The molecule has 0 N–H and O–H groups in total. The lowest BCUT2D eigenvalue weighted by atomic mass is 10.2. The van der Waals surface area contributed by atoms with Crippen molar-refractivity contribution >= 4 is 15.8 Å². The van der Waals surface area contributed by atoms with E-state index in [1.54, 1.807) is 19.9 Å². The topological polar surface area (TPSA) is 73.6 Å². The van der Waals surface area contributed by atoms with Crippen molar-refractivity contribution in [3.8, 4) is 0 Å². The van der Waals surface area contributed by atoms with Gasteiger partial charge in [0.15, 0.2) is 0 Å². The Labute approximate surface area is 112 Å². The third-order valence-electron chi connectivity index (χ3n) is 3.48. The molecule has 1 aliphatic rings. The van der Waals surface area contributed by atoms with Crippen LogP contribution in [0.3, 0.4) is 0 Å². The number of hydrogen-bond donors (Lipinski definition) is 0. The maximum Gasteiger partial charge on any atom is 0.341 e. The van der Waals surface area contributed by atoms with Gasteiger partial charge in [0, 0.05) is 12.7 Å². The standard InChI is InChI=1S/C13H18O5S/c1-8-6-12(9(2)17-8)13(14)18-10-4-5-11(7-10)19(3,15)16/h6,10-11H,4-5,7H2,1-3H3/t10-,11+/m0/s1. The van der Waals surface area contributed by atoms with Crippen molar-refractivity contribution in [2.45, 2.75) is 44.5 Å². The Kier molecular flexibility index (Phi) is 3.71. The van der Waals surface area contributed by atoms with Crippen LogP contribution in [0, 0.1) is 13.8 Å². The average Bonchev–Trinajstić information content (AvgIpc) is 2.84. The maximum absolute atomic E-state index is 12.0. The molecule has 0 aromatic carbocycles. The molecular weight excluding hydrogens is 268 g/mol. The number of furan rings is 1. The highest BCUT2D eigenvalue weighted by atomic mass is 32.2. The van der Waals surface area contributed by atoms with E-state index in [4.69, 9.17) is 9.15 Å². The first-order chi connectivity index (χ1) is 8.77. The molecule has 0 bridgehead atoms. The first-order valence-corrected chi connectivity index (χ1v) is 8.19. The minimum absolute atomic E-state index is 0.318. The second-order valence-electron chi connectivity index (χ2n) is 5.12. The lowest BCUT2D eigenvalue weighted by Gasteiger charge is -2.11. The zero-order valence-corrected chi connectivity index (χ0v) is 12.1. The van der Waals surface area contributed by atoms with Gasteiger partial charge in [-0.3, -0.25) is 0 Å². The Bertz CT molecular complexity index is 584. The van der Waals surface area contributed by atoms with Gasteiger partial charge in [0.05, 0.1) is 5.25 Å². The quantitative estimate of drug-likeness (QED) is 0.795. The largest absolute Gasteiger partial charge is 0.466 e. The molecule has 106 valence electrons. The second kappa shape index (κ2) is 5.00. The van der Waals surface area contributed by atoms with Gasteiger partial charge in [-0.2, -0.15) is 0 Å². The summed E-state index contributed by atoms with van der Waals surface area (Å²) in [6.07, 6.45) is 2.45. The Morgan fingerprint density at radius 3 is 2.53 bits per heavy atom. The molecule has 0 amide bonds. The van der Waals surface area contributed by atoms with Gasteiger partial charge < -0.3 is 9.15 Å². The monoisotopic (exact) mass is 286 g/mol. The van der Waals surface area contributed by atoms with Gasteiger partial charge in [-0.05, 0) is 32.8 Å². The number of ether oxygens (including phenoxy) is 1. The van der Waals surface area contributed by atoms with Crippen molar-refractivity contribution in [1.82, 2.24) is 0 Å². The first-order valence-electron chi connectivity index (χ1n) is 6.24. The molecule has 6 heteroatoms. The minimum Gasteiger partial charge on any atom is -0.466 e. The average molecular weight is 286 g/mol. The van der Waals surface area contributed by atoms with Crippen molar-refractivity contribution in [2.24, 2.45) is 0 Å². The summed E-state index contributed by atoms with van der Waals surface area (Å²) in [4.78, 5) is 12.0. The van der Waals surface area contributed by atoms with Gasteiger partial charge in [0.2, 0.25) is 0 Å². The molecule has 2 rings (SSSR count). The van der Waals surface area contributed by atoms with Crippen LogP contribution in [-0.2, 0) is 14.6 Å². The molecule has 1 fully saturated rings. The molecule has 1 aliphatic carbocycles. The number of esters is 1. The van der Waals surface area contributed by atoms with Crippen molar-refractivity contribution in [2.75, 3.05) is 6.26 Å². The normalized spacial score (nSPS) is 23.5. The Morgan fingerprint density at radius 1 is 1.37 bits per heavy atom. The molecule has 5 nitrogen and oxygen atoms in total. The fourth-order valence-electron chi connectivity index (χ4n) is 2.44. The molecule has 1 aromatic heterocycles. The summed E-state index contributed by atoms with van der Waals surface area (Å²) in [5.41, 5.74) is 0.417. The van der Waals surface area contributed by atoms with Gasteiger partial charge in [0.1, 0.15) is 33.0 Å². The van der Waals surface area contributed by atoms with E-state index in [0.717, 1.165) is 0 Å². The Morgan fingerprint density at radius 2 is 2.05 bits per heavy atom. The van der Waals surface area contributed by atoms with Crippen LogP contribution in [0.15, 0.2) is 10.5 Å². The highest BCUT2D eigenvalue weighted by Gasteiger charge is 2.34. The van der Waals surface area contributed by atoms with E-state index < -0.39 is 21.1 Å². The summed E-state index contributed by atoms with van der Waals surface area (Å²) in [6.45, 7) is 3.47. The molecule has 1 saturated carbocycles. The maximum atomic E-state index is 12.0. The molecular formula is C13H18O5S. The van der Waals surface area contributed by atoms with E-state index >= 15 is 0 Å². The molecule has 2 atom stereocenters. The summed E-state index contributed by atoms with van der Waals surface area (Å²) in [5.74, 6) is 0.749. The van der Waals surface area contributed by atoms with Crippen LogP contribution in [0.2, 0.25) is 0 Å². The van der Waals surface area contributed by atoms with Crippen molar-refractivity contribution in [3.05, 3.63) is 23.2 Å². The number of aryl methyl sites for hydroxylation is 2. The summed E-state index contributed by atoms with van der Waals surface area (Å²) < 4.78 is 33.5. The van der Waals surface area contributed by atoms with Gasteiger partial charge in [-0.1, -0.05) is 0 Å². The summed E-state index contributed by atoms with van der Waals surface area (Å²) in [5, 5.41) is -0.391. The lowest BCUT2D eigenvalue weighted by molar-refractivity contribution is 0.0316. The molecule has 19 heavy (non-hydrogen) atoms. The van der Waals surface area contributed by atoms with Crippen molar-refractivity contribution in [3.63, 3.8) is 0 Å². The highest BCUT2D eigenvalue weighted by Crippen LogP contribution is 2.28. The molecule has 0 saturated heterocycles. The van der Waals surface area contributed by atoms with E-state index in [-0.39, 0.29) is 6.10 Å². The SMILES string of the molecule is Cc1cc(C(=O)O[C@H]2CC[C@@H](S(C)(=O)=O)C2)c(C)o1. The van der Waals surface area contributed by atoms with Crippen LogP contribution in [0.1, 0.15) is 41.1 Å². The molecule has 1 heterocycles. The van der Waals surface area contributed by atoms with Crippen LogP contribution in [0.4, 0.5) is 0 Å². The van der Waals surface area contributed by atoms with Crippen LogP contribution < -0.4 is 0 Å². The van der Waals surface area contributed by atoms with Crippen molar-refractivity contribution < 1.29 is 22.4 Å². The van der Waals surface area contributed by atoms with Crippen LogP contribution in [0.25, 0.3) is 0 Å². The van der Waals surface area contributed by atoms with Crippen molar-refractivity contribution in [1.29, 1.82) is 0 Å². The van der Waals surface area contributed by atoms with Crippen LogP contribution in [-0.4, -0.2) is 32.0 Å². The number of carbonyl (C=O) groups excluding carboxylic acids is 1. The van der Waals surface area contributed by atoms with Gasteiger partial charge >= 0.3 is 5.97 Å². The van der Waals surface area contributed by atoms with E-state index in [9.17, 15) is 13.2 Å². The third-order valence-corrected chi connectivity index (χ3v) is 5.12. The fourth-order valence-corrected chi connectivity index (χ4v) is 3.57. The zero-order valence-electron chi connectivity index (χ0n) is 11.3. The predicted molar refractivity (Wildman–Crippen MR) is 69.9 cm³/mol. The first kappa shape index (κ1) is 14.1. The van der Waals surface area contributed by atoms with Gasteiger partial charge in [-0.15, -0.1) is 0 Å². The number of rotatable bonds is 3. The third kappa shape index (κ3) is 3.18. The van der Waals surface area contributed by atoms with E-state index in [2.05, 4.69) is 0 Å². The summed E-state index contributed by atoms with van der Waals surface area (Å²) in [6, 6.07) is 1.64. The Balaban J connectivity index is 2.00. The smallest absolute Gasteiger partial charge is 0.341 e. The van der Waals surface area contributed by atoms with E-state index in [0.29, 0.717) is 36.3 Å². The number of carbonyl (C=O) groups is 1. The second-order valence-corrected chi connectivity index (χ2v) is 7.44. The van der Waals surface area contributed by atoms with Gasteiger partial charge in [-0.25, -0.2) is 13.2 Å². The number of hydrogen-bond acceptors (Lipinski definition) is 5. The number of sulfone groups is 1. The lowest BCUT2D eigenvalue weighted by Crippen LogP contribution is -2.20. The highest BCUT2D eigenvalue weighted by molar-refractivity contribution is 7.91. The summed E-state index contributed by atoms with van der Waals surface area (Å²) in [7, 11) is -3.05. The molecule has 0 radical (unpaired) electrons. The van der Waals surface area contributed by atoms with E-state index in [1.165, 1.54) is 6.26 Å². The Hall–Kier alpha value is -1.30. The molecule has 1 aromatic rings. The molecule has 0 aliphatic heterocycles. The van der Waals surface area contributed by atoms with Crippen LogP contribution >= 0.6 is 0 Å². The zero-order chi connectivity index (χ0) is 14.2. The molecule has 0 spiro atoms. The summed E-state index contributed by atoms with van der Waals surface area (Å²) >= 11 is 0. The predicted octanol–water partition coefficient (Wildman–Crippen LogP) is 2.02. The fraction of sp³-hybridized carbons (Fsp3) is 0.615.